The van der Waals surface area contributed by atoms with Gasteiger partial charge in [0.25, 0.3) is 5.91 Å². The molecule has 2 nitrogen and oxygen atoms in total. The van der Waals surface area contributed by atoms with Crippen molar-refractivity contribution < 1.29 is 18.0 Å². The van der Waals surface area contributed by atoms with Crippen LogP contribution < -0.4 is 0 Å². The summed E-state index contributed by atoms with van der Waals surface area (Å²) in [5, 5.41) is -0.385. The molecular weight excluding hydrogens is 291 g/mol. The molecule has 0 aliphatic carbocycles. The Hall–Kier alpha value is -1.67. The molecule has 0 aliphatic rings. The van der Waals surface area contributed by atoms with Gasteiger partial charge < -0.3 is 4.90 Å². The number of carbonyl (C=O) groups excluding carboxylic acids is 1. The molecule has 1 amide bonds. The predicted molar refractivity (Wildman–Crippen MR) is 71.1 cm³/mol. The van der Waals surface area contributed by atoms with Gasteiger partial charge in [0.2, 0.25) is 0 Å². The molecule has 0 bridgehead atoms. The number of nitrogens with zero attached hydrogens (tertiary/aromatic N) is 1. The Bertz CT molecular complexity index is 572. The summed E-state index contributed by atoms with van der Waals surface area (Å²) in [4.78, 5) is 13.0. The maximum absolute atomic E-state index is 12.6. The zero-order valence-corrected chi connectivity index (χ0v) is 11.9. The summed E-state index contributed by atoms with van der Waals surface area (Å²) in [7, 11) is 1.53. The lowest BCUT2D eigenvalue weighted by atomic mass is 10.0. The second-order valence-corrected chi connectivity index (χ2v) is 4.61. The Morgan fingerprint density at radius 1 is 1.40 bits per heavy atom. The lowest BCUT2D eigenvalue weighted by molar-refractivity contribution is -0.137. The molecule has 20 heavy (non-hydrogen) atoms. The van der Waals surface area contributed by atoms with Crippen LogP contribution in [0.4, 0.5) is 13.2 Å². The summed E-state index contributed by atoms with van der Waals surface area (Å²) in [5.74, 6) is 4.44. The summed E-state index contributed by atoms with van der Waals surface area (Å²) in [5.41, 5.74) is -0.380. The summed E-state index contributed by atoms with van der Waals surface area (Å²) < 4.78 is 37.8. The van der Waals surface area contributed by atoms with Crippen LogP contribution in [-0.4, -0.2) is 17.9 Å². The number of benzene rings is 1. The number of amides is 1. The summed E-state index contributed by atoms with van der Waals surface area (Å²) in [6.07, 6.45) is -4.49. The van der Waals surface area contributed by atoms with Crippen LogP contribution >= 0.6 is 11.6 Å². The number of rotatable bonds is 2. The Morgan fingerprint density at radius 2 is 2.00 bits per heavy atom. The molecular formula is C14H13ClF3NO. The highest BCUT2D eigenvalue weighted by molar-refractivity contribution is 6.31. The molecule has 0 radical (unpaired) electrons. The van der Waals surface area contributed by atoms with Crippen molar-refractivity contribution in [1.29, 1.82) is 0 Å². The molecule has 108 valence electrons. The van der Waals surface area contributed by atoms with Gasteiger partial charge in [-0.3, -0.25) is 4.79 Å². The normalized spacial score (nSPS) is 12.3. The highest BCUT2D eigenvalue weighted by Gasteiger charge is 2.33. The lowest BCUT2D eigenvalue weighted by Gasteiger charge is -2.24. The average molecular weight is 304 g/mol. The first-order valence-electron chi connectivity index (χ1n) is 5.74. The Morgan fingerprint density at radius 3 is 2.45 bits per heavy atom. The predicted octanol–water partition coefficient (Wildman–Crippen LogP) is 3.90. The van der Waals surface area contributed by atoms with E-state index in [1.807, 2.05) is 0 Å². The first kappa shape index (κ1) is 16.4. The largest absolute Gasteiger partial charge is 0.417 e. The quantitative estimate of drug-likeness (QED) is 0.759. The maximum Gasteiger partial charge on any atom is 0.417 e. The van der Waals surface area contributed by atoms with Gasteiger partial charge in [0, 0.05) is 7.05 Å². The fourth-order valence-corrected chi connectivity index (χ4v) is 1.91. The van der Waals surface area contributed by atoms with Crippen LogP contribution in [0.2, 0.25) is 5.02 Å². The molecule has 1 aromatic rings. The number of hydrogen-bond acceptors (Lipinski definition) is 1. The van der Waals surface area contributed by atoms with Crippen molar-refractivity contribution in [2.45, 2.75) is 26.1 Å². The van der Waals surface area contributed by atoms with Crippen LogP contribution in [-0.2, 0) is 11.0 Å². The van der Waals surface area contributed by atoms with E-state index < -0.39 is 23.7 Å². The lowest BCUT2D eigenvalue weighted by Crippen LogP contribution is -2.28. The third-order valence-electron chi connectivity index (χ3n) is 2.91. The van der Waals surface area contributed by atoms with Crippen molar-refractivity contribution in [1.82, 2.24) is 4.90 Å². The van der Waals surface area contributed by atoms with Gasteiger partial charge in [0.15, 0.2) is 0 Å². The Balaban J connectivity index is 3.06. The van der Waals surface area contributed by atoms with Crippen molar-refractivity contribution in [3.63, 3.8) is 0 Å². The molecule has 1 aromatic carbocycles. The summed E-state index contributed by atoms with van der Waals surface area (Å²) >= 11 is 5.65. The van der Waals surface area contributed by atoms with E-state index >= 15 is 0 Å². The fraction of sp³-hybridized carbons (Fsp3) is 0.357. The van der Waals surface area contributed by atoms with Crippen LogP contribution in [0.25, 0.3) is 0 Å². The molecule has 0 saturated heterocycles. The number of halogens is 4. The van der Waals surface area contributed by atoms with Gasteiger partial charge >= 0.3 is 6.18 Å². The summed E-state index contributed by atoms with van der Waals surface area (Å²) in [6, 6.07) is 3.02. The summed E-state index contributed by atoms with van der Waals surface area (Å²) in [6.45, 7) is 3.22. The van der Waals surface area contributed by atoms with Gasteiger partial charge in [0.1, 0.15) is 0 Å². The minimum atomic E-state index is -4.49. The second kappa shape index (κ2) is 6.19. The number of hydrogen-bond donors (Lipinski definition) is 0. The molecule has 1 rings (SSSR count). The smallest absolute Gasteiger partial charge is 0.328 e. The van der Waals surface area contributed by atoms with Gasteiger partial charge in [-0.05, 0) is 37.5 Å². The van der Waals surface area contributed by atoms with Crippen LogP contribution in [0.3, 0.4) is 0 Å². The number of carbonyl (C=O) groups is 1. The van der Waals surface area contributed by atoms with E-state index in [9.17, 15) is 18.0 Å². The Labute approximate surface area is 120 Å². The third-order valence-corrected chi connectivity index (χ3v) is 3.23. The Kier molecular flexibility index (Phi) is 5.07. The third kappa shape index (κ3) is 3.67. The fourth-order valence-electron chi connectivity index (χ4n) is 1.62. The van der Waals surface area contributed by atoms with Crippen molar-refractivity contribution in [2.24, 2.45) is 0 Å². The molecule has 0 saturated carbocycles. The van der Waals surface area contributed by atoms with Crippen LogP contribution in [0.1, 0.15) is 31.0 Å². The van der Waals surface area contributed by atoms with Gasteiger partial charge in [0.05, 0.1) is 16.6 Å². The topological polar surface area (TPSA) is 20.3 Å². The minimum absolute atomic E-state index is 0.385. The number of alkyl halides is 3. The van der Waals surface area contributed by atoms with Gasteiger partial charge in [-0.15, -0.1) is 0 Å². The molecule has 1 atom stereocenters. The van der Waals surface area contributed by atoms with E-state index in [1.54, 1.807) is 6.92 Å². The highest BCUT2D eigenvalue weighted by Crippen LogP contribution is 2.36. The molecule has 6 heteroatoms. The SMILES string of the molecule is CC#CC(=O)N(C)C(C)c1ccc(C(F)(F)F)c(Cl)c1. The van der Waals surface area contributed by atoms with Crippen LogP contribution in [0.5, 0.6) is 0 Å². The molecule has 0 heterocycles. The molecule has 0 aliphatic heterocycles. The zero-order valence-electron chi connectivity index (χ0n) is 11.2. The van der Waals surface area contributed by atoms with E-state index in [4.69, 9.17) is 11.6 Å². The molecule has 0 aromatic heterocycles. The van der Waals surface area contributed by atoms with E-state index in [1.165, 1.54) is 31.0 Å². The second-order valence-electron chi connectivity index (χ2n) is 4.20. The zero-order chi connectivity index (χ0) is 15.5. The monoisotopic (exact) mass is 303 g/mol. The maximum atomic E-state index is 12.6. The standard InChI is InChI=1S/C14H13ClF3NO/c1-4-5-13(20)19(3)9(2)10-6-7-11(12(15)8-10)14(16,17)18/h6-9H,1-3H3. The van der Waals surface area contributed by atoms with E-state index in [0.717, 1.165) is 6.07 Å². The molecule has 1 unspecified atom stereocenters. The van der Waals surface area contributed by atoms with Crippen LogP contribution in [0, 0.1) is 11.8 Å². The van der Waals surface area contributed by atoms with Crippen molar-refractivity contribution in [2.75, 3.05) is 7.05 Å². The van der Waals surface area contributed by atoms with Crippen molar-refractivity contribution >= 4 is 17.5 Å². The van der Waals surface area contributed by atoms with E-state index in [-0.39, 0.29) is 5.02 Å². The van der Waals surface area contributed by atoms with Crippen LogP contribution in [0.15, 0.2) is 18.2 Å². The van der Waals surface area contributed by atoms with E-state index in [2.05, 4.69) is 11.8 Å². The first-order chi connectivity index (χ1) is 9.18. The molecule has 0 spiro atoms. The minimum Gasteiger partial charge on any atom is -0.328 e. The first-order valence-corrected chi connectivity index (χ1v) is 6.12. The van der Waals surface area contributed by atoms with Gasteiger partial charge in [-0.25, -0.2) is 0 Å². The molecule has 0 fully saturated rings. The van der Waals surface area contributed by atoms with Gasteiger partial charge in [-0.1, -0.05) is 23.6 Å². The highest BCUT2D eigenvalue weighted by atomic mass is 35.5. The molecule has 0 N–H and O–H groups in total. The van der Waals surface area contributed by atoms with Crippen molar-refractivity contribution in [3.05, 3.63) is 34.3 Å². The van der Waals surface area contributed by atoms with Crippen molar-refractivity contribution in [3.8, 4) is 11.8 Å². The van der Waals surface area contributed by atoms with E-state index in [0.29, 0.717) is 5.56 Å². The van der Waals surface area contributed by atoms with Gasteiger partial charge in [-0.2, -0.15) is 13.2 Å². The average Bonchev–Trinajstić information content (AvgIpc) is 2.35.